The van der Waals surface area contributed by atoms with Crippen molar-refractivity contribution in [3.63, 3.8) is 0 Å². The van der Waals surface area contributed by atoms with Crippen LogP contribution in [0, 0.1) is 0 Å². The zero-order chi connectivity index (χ0) is 14.3. The van der Waals surface area contributed by atoms with Crippen molar-refractivity contribution in [2.75, 3.05) is 13.7 Å². The van der Waals surface area contributed by atoms with Crippen molar-refractivity contribution in [2.45, 2.75) is 51.7 Å². The van der Waals surface area contributed by atoms with E-state index >= 15 is 0 Å². The Balaban J connectivity index is 2.21. The number of nitrogens with one attached hydrogen (secondary N) is 1. The minimum atomic E-state index is -0.0519. The van der Waals surface area contributed by atoms with Crippen molar-refractivity contribution in [3.8, 4) is 5.75 Å². The molecule has 0 amide bonds. The Labute approximate surface area is 117 Å². The third-order valence-corrected chi connectivity index (χ3v) is 3.57. The molecule has 1 unspecified atom stereocenters. The molecule has 0 heterocycles. The predicted octanol–water partition coefficient (Wildman–Crippen LogP) is 3.12. The van der Waals surface area contributed by atoms with Crippen molar-refractivity contribution in [1.82, 2.24) is 5.32 Å². The average molecular weight is 265 g/mol. The highest BCUT2D eigenvalue weighted by atomic mass is 16.5. The molecule has 0 aromatic heterocycles. The van der Waals surface area contributed by atoms with Crippen molar-refractivity contribution < 1.29 is 9.84 Å². The molecule has 0 fully saturated rings. The molecule has 0 bridgehead atoms. The lowest BCUT2D eigenvalue weighted by Crippen LogP contribution is -2.33. The Hall–Kier alpha value is -1.06. The Morgan fingerprint density at radius 3 is 2.47 bits per heavy atom. The summed E-state index contributed by atoms with van der Waals surface area (Å²) in [7, 11) is 1.76. The second-order valence-electron chi connectivity index (χ2n) is 5.77. The summed E-state index contributed by atoms with van der Waals surface area (Å²) in [5.41, 5.74) is 1.22. The van der Waals surface area contributed by atoms with Gasteiger partial charge in [-0.1, -0.05) is 12.1 Å². The summed E-state index contributed by atoms with van der Waals surface area (Å²) in [4.78, 5) is 0. The normalized spacial score (nSPS) is 13.5. The van der Waals surface area contributed by atoms with E-state index in [0.29, 0.717) is 11.8 Å². The molecular weight excluding hydrogens is 238 g/mol. The lowest BCUT2D eigenvalue weighted by Gasteiger charge is -2.24. The Morgan fingerprint density at radius 2 is 1.89 bits per heavy atom. The van der Waals surface area contributed by atoms with Gasteiger partial charge in [-0.2, -0.15) is 0 Å². The number of aromatic hydroxyl groups is 1. The maximum atomic E-state index is 9.23. The lowest BCUT2D eigenvalue weighted by molar-refractivity contribution is 0.0154. The van der Waals surface area contributed by atoms with E-state index in [-0.39, 0.29) is 5.60 Å². The van der Waals surface area contributed by atoms with E-state index in [0.717, 1.165) is 25.8 Å². The maximum absolute atomic E-state index is 9.23. The van der Waals surface area contributed by atoms with Gasteiger partial charge in [-0.15, -0.1) is 0 Å². The standard InChI is InChI=1S/C16H27NO2/c1-13(17-12-11-16(2,3)19-4)5-6-14-7-9-15(18)10-8-14/h7-10,13,17-18H,5-6,11-12H2,1-4H3. The number of aryl methyl sites for hydroxylation is 1. The molecule has 1 aromatic rings. The summed E-state index contributed by atoms with van der Waals surface area (Å²) < 4.78 is 5.40. The molecule has 0 aliphatic carbocycles. The largest absolute Gasteiger partial charge is 0.508 e. The molecule has 3 nitrogen and oxygen atoms in total. The van der Waals surface area contributed by atoms with E-state index in [9.17, 15) is 5.11 Å². The first-order valence-corrected chi connectivity index (χ1v) is 6.99. The molecule has 1 atom stereocenters. The van der Waals surface area contributed by atoms with Crippen LogP contribution in [0.4, 0.5) is 0 Å². The fraction of sp³-hybridized carbons (Fsp3) is 0.625. The summed E-state index contributed by atoms with van der Waals surface area (Å²) in [6.07, 6.45) is 3.13. The van der Waals surface area contributed by atoms with Gasteiger partial charge in [-0.3, -0.25) is 0 Å². The van der Waals surface area contributed by atoms with Crippen LogP contribution >= 0.6 is 0 Å². The summed E-state index contributed by atoms with van der Waals surface area (Å²) in [5.74, 6) is 0.330. The predicted molar refractivity (Wildman–Crippen MR) is 79.6 cm³/mol. The number of methoxy groups -OCH3 is 1. The van der Waals surface area contributed by atoms with Gasteiger partial charge in [-0.25, -0.2) is 0 Å². The SMILES string of the molecule is COC(C)(C)CCNC(C)CCc1ccc(O)cc1. The van der Waals surface area contributed by atoms with Gasteiger partial charge in [0.05, 0.1) is 5.60 Å². The van der Waals surface area contributed by atoms with Crippen molar-refractivity contribution in [2.24, 2.45) is 0 Å². The van der Waals surface area contributed by atoms with Crippen LogP contribution in [-0.2, 0) is 11.2 Å². The molecule has 108 valence electrons. The van der Waals surface area contributed by atoms with E-state index in [4.69, 9.17) is 4.74 Å². The number of ether oxygens (including phenoxy) is 1. The van der Waals surface area contributed by atoms with E-state index in [1.165, 1.54) is 5.56 Å². The van der Waals surface area contributed by atoms with Gasteiger partial charge < -0.3 is 15.2 Å². The monoisotopic (exact) mass is 265 g/mol. The van der Waals surface area contributed by atoms with Crippen LogP contribution in [0.2, 0.25) is 0 Å². The molecule has 2 N–H and O–H groups in total. The molecule has 1 aromatic carbocycles. The minimum absolute atomic E-state index is 0.0519. The molecule has 0 aliphatic heterocycles. The third-order valence-electron chi connectivity index (χ3n) is 3.57. The molecule has 0 radical (unpaired) electrons. The topological polar surface area (TPSA) is 41.5 Å². The first-order valence-electron chi connectivity index (χ1n) is 6.99. The molecule has 0 saturated heterocycles. The van der Waals surface area contributed by atoms with Gasteiger partial charge in [0.1, 0.15) is 5.75 Å². The lowest BCUT2D eigenvalue weighted by atomic mass is 10.0. The van der Waals surface area contributed by atoms with Crippen LogP contribution < -0.4 is 5.32 Å². The number of phenols is 1. The molecule has 0 spiro atoms. The van der Waals surface area contributed by atoms with Crippen molar-refractivity contribution in [1.29, 1.82) is 0 Å². The summed E-state index contributed by atoms with van der Waals surface area (Å²) in [5, 5.41) is 12.8. The molecule has 0 aliphatic rings. The fourth-order valence-electron chi connectivity index (χ4n) is 1.87. The van der Waals surface area contributed by atoms with Crippen LogP contribution in [0.3, 0.4) is 0 Å². The number of phenolic OH excluding ortho intramolecular Hbond substituents is 1. The average Bonchev–Trinajstić information content (AvgIpc) is 2.38. The van der Waals surface area contributed by atoms with Gasteiger partial charge in [-0.05, 0) is 64.3 Å². The van der Waals surface area contributed by atoms with Gasteiger partial charge >= 0.3 is 0 Å². The summed E-state index contributed by atoms with van der Waals surface area (Å²) >= 11 is 0. The zero-order valence-electron chi connectivity index (χ0n) is 12.6. The molecule has 19 heavy (non-hydrogen) atoms. The first-order chi connectivity index (χ1) is 8.93. The van der Waals surface area contributed by atoms with Crippen molar-refractivity contribution >= 4 is 0 Å². The number of rotatable bonds is 8. The van der Waals surface area contributed by atoms with Gasteiger partial charge in [0, 0.05) is 13.2 Å². The van der Waals surface area contributed by atoms with Gasteiger partial charge in [0.2, 0.25) is 0 Å². The molecule has 1 rings (SSSR count). The number of hydrogen-bond donors (Lipinski definition) is 2. The second kappa shape index (κ2) is 7.51. The minimum Gasteiger partial charge on any atom is -0.508 e. The van der Waals surface area contributed by atoms with Crippen LogP contribution in [0.1, 0.15) is 39.2 Å². The smallest absolute Gasteiger partial charge is 0.115 e. The Bertz CT molecular complexity index is 360. The Morgan fingerprint density at radius 1 is 1.26 bits per heavy atom. The quantitative estimate of drug-likeness (QED) is 0.759. The van der Waals surface area contributed by atoms with E-state index in [1.807, 2.05) is 12.1 Å². The Kier molecular flexibility index (Phi) is 6.32. The number of hydrogen-bond acceptors (Lipinski definition) is 3. The zero-order valence-corrected chi connectivity index (χ0v) is 12.6. The fourth-order valence-corrected chi connectivity index (χ4v) is 1.87. The van der Waals surface area contributed by atoms with E-state index < -0.39 is 0 Å². The summed E-state index contributed by atoms with van der Waals surface area (Å²) in [6, 6.07) is 7.94. The third kappa shape index (κ3) is 6.60. The second-order valence-corrected chi connectivity index (χ2v) is 5.77. The van der Waals surface area contributed by atoms with Crippen LogP contribution in [-0.4, -0.2) is 30.4 Å². The number of benzene rings is 1. The highest BCUT2D eigenvalue weighted by Crippen LogP contribution is 2.13. The van der Waals surface area contributed by atoms with E-state index in [1.54, 1.807) is 19.2 Å². The molecule has 0 saturated carbocycles. The highest BCUT2D eigenvalue weighted by Gasteiger charge is 2.15. The van der Waals surface area contributed by atoms with Crippen LogP contribution in [0.15, 0.2) is 24.3 Å². The highest BCUT2D eigenvalue weighted by molar-refractivity contribution is 5.25. The van der Waals surface area contributed by atoms with Crippen LogP contribution in [0.5, 0.6) is 5.75 Å². The molecular formula is C16H27NO2. The summed E-state index contributed by atoms with van der Waals surface area (Å²) in [6.45, 7) is 7.39. The first kappa shape index (κ1) is 16.0. The van der Waals surface area contributed by atoms with Gasteiger partial charge in [0.25, 0.3) is 0 Å². The van der Waals surface area contributed by atoms with E-state index in [2.05, 4.69) is 26.1 Å². The van der Waals surface area contributed by atoms with Crippen LogP contribution in [0.25, 0.3) is 0 Å². The molecule has 3 heteroatoms. The van der Waals surface area contributed by atoms with Crippen molar-refractivity contribution in [3.05, 3.63) is 29.8 Å². The maximum Gasteiger partial charge on any atom is 0.115 e. The van der Waals surface area contributed by atoms with Gasteiger partial charge in [0.15, 0.2) is 0 Å².